The van der Waals surface area contributed by atoms with Gasteiger partial charge in [0.15, 0.2) is 0 Å². The predicted molar refractivity (Wildman–Crippen MR) is 311 cm³/mol. The van der Waals surface area contributed by atoms with Gasteiger partial charge in [0.25, 0.3) is 40.1 Å². The molecule has 448 valence electrons. The van der Waals surface area contributed by atoms with Gasteiger partial charge in [0.05, 0.1) is 19.6 Å². The van der Waals surface area contributed by atoms with Gasteiger partial charge in [0.2, 0.25) is 11.8 Å². The fourth-order valence-electron chi connectivity index (χ4n) is 8.37. The first kappa shape index (κ1) is 71.3. The van der Waals surface area contributed by atoms with Crippen molar-refractivity contribution in [2.24, 2.45) is 29.9 Å². The quantitative estimate of drug-likeness (QED) is 0.0186. The number of benzene rings is 4. The number of carbonyl (C=O) groups is 4. The number of unbranched alkanes of at least 4 members (excludes halogenated alkanes) is 4. The van der Waals surface area contributed by atoms with Gasteiger partial charge >= 0.3 is 0 Å². The molecule has 0 aliphatic heterocycles. The fourth-order valence-corrected chi connectivity index (χ4v) is 11.2. The zero-order valence-corrected chi connectivity index (χ0v) is 48.7. The average Bonchev–Trinajstić information content (AvgIpc) is 3.44. The van der Waals surface area contributed by atoms with Gasteiger partial charge in [-0.15, -0.1) is 0 Å². The Bertz CT molecular complexity index is 3490. The number of rotatable bonds is 36. The molecule has 2 N–H and O–H groups in total. The van der Waals surface area contributed by atoms with Crippen molar-refractivity contribution in [1.29, 1.82) is 0 Å². The number of aryl methyl sites for hydroxylation is 2. The molecule has 0 aliphatic carbocycles. The van der Waals surface area contributed by atoms with Crippen LogP contribution in [-0.2, 0) is 85.1 Å². The number of ketones is 2. The SMILES string of the molecule is C.CCC(CCCCCC(=O)CCCc1ccc(S(=O)(=O)N=[N+]=[N-])cc1)C(=O)NCCc1ccc(S(=O)(=O)N=[N+]=[N-])cc1.CCC(CCCCCC(=O)CCc1cccc(S(=O)(=O)N=[N+]=[N-])c1)C(=O)NCc1cccc(S(=O)(=O)N=[N+]=[N-])c1. The molecule has 0 saturated heterocycles. The largest absolute Gasteiger partial charge is 0.356 e. The Morgan fingerprint density at radius 3 is 1.27 bits per heavy atom. The van der Waals surface area contributed by atoms with Crippen LogP contribution in [0.2, 0.25) is 0 Å². The van der Waals surface area contributed by atoms with E-state index in [-0.39, 0.29) is 75.2 Å². The molecule has 4 rings (SSSR count). The van der Waals surface area contributed by atoms with Crippen LogP contribution in [0.4, 0.5) is 0 Å². The van der Waals surface area contributed by atoms with E-state index >= 15 is 0 Å². The first-order valence-electron chi connectivity index (χ1n) is 26.2. The molecular formula is C53H70N14O12S4. The molecule has 2 amide bonds. The lowest BCUT2D eigenvalue weighted by atomic mass is 9.96. The third-order valence-electron chi connectivity index (χ3n) is 12.9. The molecule has 4 aromatic carbocycles. The van der Waals surface area contributed by atoms with E-state index in [4.69, 9.17) is 22.1 Å². The van der Waals surface area contributed by atoms with Gasteiger partial charge < -0.3 is 10.6 Å². The van der Waals surface area contributed by atoms with E-state index in [0.717, 1.165) is 49.7 Å². The summed E-state index contributed by atoms with van der Waals surface area (Å²) >= 11 is 0. The van der Waals surface area contributed by atoms with Crippen molar-refractivity contribution < 1.29 is 52.8 Å². The maximum absolute atomic E-state index is 12.6. The molecule has 0 radical (unpaired) electrons. The van der Waals surface area contributed by atoms with Crippen molar-refractivity contribution in [1.82, 2.24) is 10.6 Å². The first-order chi connectivity index (χ1) is 39.0. The number of azide groups is 4. The first-order valence-corrected chi connectivity index (χ1v) is 32.0. The van der Waals surface area contributed by atoms with Crippen molar-refractivity contribution in [3.8, 4) is 0 Å². The van der Waals surface area contributed by atoms with Crippen LogP contribution >= 0.6 is 0 Å². The van der Waals surface area contributed by atoms with Crippen LogP contribution in [0.15, 0.2) is 135 Å². The van der Waals surface area contributed by atoms with E-state index in [0.29, 0.717) is 88.3 Å². The second kappa shape index (κ2) is 36.6. The molecule has 2 atom stereocenters. The Morgan fingerprint density at radius 1 is 0.434 bits per heavy atom. The summed E-state index contributed by atoms with van der Waals surface area (Å²) in [5, 5.41) is 5.75. The van der Waals surface area contributed by atoms with E-state index in [9.17, 15) is 52.8 Å². The summed E-state index contributed by atoms with van der Waals surface area (Å²) in [5.41, 5.74) is 36.4. The van der Waals surface area contributed by atoms with E-state index in [2.05, 4.69) is 48.4 Å². The van der Waals surface area contributed by atoms with Crippen LogP contribution < -0.4 is 10.6 Å². The van der Waals surface area contributed by atoms with Crippen molar-refractivity contribution in [3.05, 3.63) is 161 Å². The van der Waals surface area contributed by atoms with Crippen LogP contribution in [0.3, 0.4) is 0 Å². The van der Waals surface area contributed by atoms with E-state index < -0.39 is 40.1 Å². The van der Waals surface area contributed by atoms with Crippen LogP contribution in [0.1, 0.15) is 140 Å². The molecular weight excluding hydrogens is 1150 g/mol. The third kappa shape index (κ3) is 25.9. The number of amides is 2. The minimum absolute atomic E-state index is 0. The minimum atomic E-state index is -4.11. The van der Waals surface area contributed by atoms with E-state index in [1.165, 1.54) is 60.7 Å². The van der Waals surface area contributed by atoms with Crippen molar-refractivity contribution in [3.63, 3.8) is 0 Å². The normalized spacial score (nSPS) is 11.9. The molecule has 0 heterocycles. The fraction of sp³-hybridized carbons (Fsp3) is 0.472. The lowest BCUT2D eigenvalue weighted by Crippen LogP contribution is -2.32. The molecule has 0 saturated carbocycles. The van der Waals surface area contributed by atoms with Gasteiger partial charge in [-0.1, -0.05) is 95.5 Å². The zero-order valence-electron chi connectivity index (χ0n) is 45.4. The number of nitrogens with one attached hydrogen (secondary N) is 2. The Kier molecular flexibility index (Phi) is 31.5. The molecule has 4 aromatic rings. The third-order valence-corrected chi connectivity index (χ3v) is 17.5. The second-order valence-electron chi connectivity index (χ2n) is 18.8. The average molecular weight is 1220 g/mol. The number of nitrogens with zero attached hydrogens (tertiary/aromatic N) is 12. The summed E-state index contributed by atoms with van der Waals surface area (Å²) in [6, 6.07) is 23.8. The Labute approximate surface area is 485 Å². The molecule has 0 aliphatic rings. The highest BCUT2D eigenvalue weighted by Gasteiger charge is 2.20. The zero-order chi connectivity index (χ0) is 60.6. The summed E-state index contributed by atoms with van der Waals surface area (Å²) in [6.07, 6.45) is 11.1. The van der Waals surface area contributed by atoms with E-state index in [1.54, 1.807) is 36.4 Å². The summed E-state index contributed by atoms with van der Waals surface area (Å²) in [4.78, 5) is 58.6. The second-order valence-corrected chi connectivity index (χ2v) is 25.1. The predicted octanol–water partition coefficient (Wildman–Crippen LogP) is 12.0. The Balaban J connectivity index is 0.000000561. The summed E-state index contributed by atoms with van der Waals surface area (Å²) in [5.74, 6) is -0.292. The highest BCUT2D eigenvalue weighted by atomic mass is 32.2. The summed E-state index contributed by atoms with van der Waals surface area (Å²) in [6.45, 7) is 4.41. The Morgan fingerprint density at radius 2 is 0.819 bits per heavy atom. The number of carbonyl (C=O) groups excluding carboxylic acids is 4. The molecule has 0 aromatic heterocycles. The van der Waals surface area contributed by atoms with Crippen molar-refractivity contribution in [2.45, 2.75) is 163 Å². The molecule has 2 unspecified atom stereocenters. The number of sulfonamides is 4. The van der Waals surface area contributed by atoms with Gasteiger partial charge in [-0.25, -0.2) is 33.7 Å². The molecule has 83 heavy (non-hydrogen) atoms. The smallest absolute Gasteiger partial charge is 0.264 e. The molecule has 0 spiro atoms. The standard InChI is InChI=1S/C27H35N7O6S2.C25H31N7O6S2.CH4/c1-2-23(27(36)30-20-19-22-13-17-26(18-14-22)42(39,40)34-32-29)8-4-3-5-9-24(35)10-6-7-21-11-15-25(16-12-21)41(37,38)33-31-28;1-2-21(25(34)28-18-20-9-7-13-24(17-20)40(37,38)32-30-27)10-4-3-5-11-22(33)15-14-19-8-6-12-23(16-19)39(35,36)31-29-26;/h11-18,23H,2-10,19-20H2,1H3,(H,30,36);6-9,12-13,16-17,21H,2-5,10-11,14-15,18H2,1H3,(H,28,34);1H4. The molecule has 0 bridgehead atoms. The molecule has 30 heteroatoms. The van der Waals surface area contributed by atoms with Gasteiger partial charge in [0.1, 0.15) is 11.6 Å². The van der Waals surface area contributed by atoms with Gasteiger partial charge in [-0.3, -0.25) is 19.2 Å². The van der Waals surface area contributed by atoms with Crippen LogP contribution in [-0.4, -0.2) is 63.6 Å². The van der Waals surface area contributed by atoms with Crippen molar-refractivity contribution in [2.75, 3.05) is 6.54 Å². The molecule has 26 nitrogen and oxygen atoms in total. The van der Waals surface area contributed by atoms with E-state index in [1.807, 2.05) is 13.8 Å². The highest BCUT2D eigenvalue weighted by molar-refractivity contribution is 7.90. The van der Waals surface area contributed by atoms with Crippen LogP contribution in [0.5, 0.6) is 0 Å². The van der Waals surface area contributed by atoms with Crippen LogP contribution in [0, 0.1) is 11.8 Å². The lowest BCUT2D eigenvalue weighted by molar-refractivity contribution is -0.126. The van der Waals surface area contributed by atoms with Gasteiger partial charge in [-0.05, 0) is 157 Å². The van der Waals surface area contributed by atoms with Crippen molar-refractivity contribution >= 4 is 63.5 Å². The maximum atomic E-state index is 12.6. The maximum Gasteiger partial charge on any atom is 0.264 e. The van der Waals surface area contributed by atoms with Gasteiger partial charge in [-0.2, -0.15) is 0 Å². The van der Waals surface area contributed by atoms with Crippen LogP contribution in [0.25, 0.3) is 41.8 Å². The van der Waals surface area contributed by atoms with Gasteiger partial charge in [0, 0.05) is 88.3 Å². The monoisotopic (exact) mass is 1220 g/mol. The number of hydrogen-bond acceptors (Lipinski definition) is 12. The number of hydrogen-bond donors (Lipinski definition) is 2. The molecule has 0 fully saturated rings. The minimum Gasteiger partial charge on any atom is -0.356 e. The number of Topliss-reactive ketones (excluding diaryl/α,β-unsaturated/α-hetero) is 2. The topological polar surface area (TPSA) is 424 Å². The lowest BCUT2D eigenvalue weighted by Gasteiger charge is -2.15. The summed E-state index contributed by atoms with van der Waals surface area (Å²) < 4.78 is 106. The summed E-state index contributed by atoms with van der Waals surface area (Å²) in [7, 11) is -16.2. The highest BCUT2D eigenvalue weighted by Crippen LogP contribution is 2.22. The Hall–Kier alpha value is -7.80.